The molecule has 0 spiro atoms. The van der Waals surface area contributed by atoms with Gasteiger partial charge in [0.2, 0.25) is 5.91 Å². The van der Waals surface area contributed by atoms with Crippen LogP contribution in [0.1, 0.15) is 34.5 Å². The van der Waals surface area contributed by atoms with Crippen molar-refractivity contribution in [3.05, 3.63) is 44.6 Å². The molecule has 34 heavy (non-hydrogen) atoms. The molecule has 1 N–H and O–H groups in total. The molecule has 1 aromatic carbocycles. The van der Waals surface area contributed by atoms with Crippen molar-refractivity contribution >= 4 is 63.3 Å². The van der Waals surface area contributed by atoms with Gasteiger partial charge in [-0.2, -0.15) is 0 Å². The molecule has 182 valence electrons. The lowest BCUT2D eigenvalue weighted by atomic mass is 10.3. The molecule has 0 unspecified atom stereocenters. The zero-order valence-corrected chi connectivity index (χ0v) is 21.9. The molecule has 0 aliphatic carbocycles. The Morgan fingerprint density at radius 3 is 2.79 bits per heavy atom. The summed E-state index contributed by atoms with van der Waals surface area (Å²) in [4.78, 5) is 28.8. The van der Waals surface area contributed by atoms with Crippen LogP contribution in [-0.2, 0) is 23.0 Å². The van der Waals surface area contributed by atoms with Crippen LogP contribution in [-0.4, -0.2) is 50.6 Å². The van der Waals surface area contributed by atoms with Crippen LogP contribution in [0.3, 0.4) is 0 Å². The quantitative estimate of drug-likeness (QED) is 0.208. The molecule has 0 fully saturated rings. The van der Waals surface area contributed by atoms with E-state index in [1.54, 1.807) is 32.0 Å². The zero-order chi connectivity index (χ0) is 24.7. The maximum Gasteiger partial charge on any atom is 0.350 e. The van der Waals surface area contributed by atoms with E-state index in [0.29, 0.717) is 56.1 Å². The highest BCUT2D eigenvalue weighted by Gasteiger charge is 2.18. The fourth-order valence-electron chi connectivity index (χ4n) is 2.81. The summed E-state index contributed by atoms with van der Waals surface area (Å²) in [7, 11) is 1.85. The average molecular weight is 544 g/mol. The average Bonchev–Trinajstić information content (AvgIpc) is 3.33. The van der Waals surface area contributed by atoms with Crippen LogP contribution in [0.25, 0.3) is 0 Å². The Balaban J connectivity index is 1.45. The standard InChI is InChI=1S/C21H23Cl2N5O4S2/c1-4-31-19(30)18-12(2)24-20(34-18)25-17(29)11-33-21-27-26-16(28(21)3)6-5-9-32-15-8-7-13(22)10-14(15)23/h7-8,10H,4-6,9,11H2,1-3H3,(H,24,25,29). The molecule has 0 aliphatic heterocycles. The van der Waals surface area contributed by atoms with Gasteiger partial charge in [-0.15, -0.1) is 10.2 Å². The van der Waals surface area contributed by atoms with E-state index < -0.39 is 5.97 Å². The van der Waals surface area contributed by atoms with E-state index in [-0.39, 0.29) is 18.3 Å². The lowest BCUT2D eigenvalue weighted by Crippen LogP contribution is -2.14. The number of ether oxygens (including phenoxy) is 2. The summed E-state index contributed by atoms with van der Waals surface area (Å²) in [5, 5.41) is 13.1. The summed E-state index contributed by atoms with van der Waals surface area (Å²) in [5.41, 5.74) is 0.520. The summed E-state index contributed by atoms with van der Waals surface area (Å²) in [6, 6.07) is 5.09. The number of hydrogen-bond acceptors (Lipinski definition) is 9. The number of carbonyl (C=O) groups excluding carboxylic acids is 2. The van der Waals surface area contributed by atoms with Crippen molar-refractivity contribution in [1.82, 2.24) is 19.7 Å². The molecule has 0 saturated carbocycles. The second kappa shape index (κ2) is 12.4. The summed E-state index contributed by atoms with van der Waals surface area (Å²) in [6.45, 7) is 4.17. The van der Waals surface area contributed by atoms with Crippen LogP contribution >= 0.6 is 46.3 Å². The van der Waals surface area contributed by atoms with Gasteiger partial charge >= 0.3 is 5.97 Å². The van der Waals surface area contributed by atoms with Gasteiger partial charge in [-0.1, -0.05) is 46.3 Å². The molecule has 0 atom stereocenters. The molecule has 2 aromatic heterocycles. The second-order valence-electron chi connectivity index (χ2n) is 6.98. The highest BCUT2D eigenvalue weighted by Crippen LogP contribution is 2.28. The van der Waals surface area contributed by atoms with Crippen molar-refractivity contribution < 1.29 is 19.1 Å². The lowest BCUT2D eigenvalue weighted by Gasteiger charge is -2.08. The molecule has 13 heteroatoms. The van der Waals surface area contributed by atoms with Gasteiger partial charge in [0.15, 0.2) is 10.3 Å². The maximum absolute atomic E-state index is 12.3. The van der Waals surface area contributed by atoms with E-state index in [9.17, 15) is 9.59 Å². The number of aromatic nitrogens is 4. The Bertz CT molecular complexity index is 1170. The van der Waals surface area contributed by atoms with Crippen LogP contribution in [0.15, 0.2) is 23.4 Å². The van der Waals surface area contributed by atoms with Crippen molar-refractivity contribution in [2.75, 3.05) is 24.3 Å². The Labute approximate surface area is 215 Å². The number of thioether (sulfide) groups is 1. The first-order valence-electron chi connectivity index (χ1n) is 10.3. The number of carbonyl (C=O) groups is 2. The summed E-state index contributed by atoms with van der Waals surface area (Å²) < 4.78 is 12.5. The second-order valence-corrected chi connectivity index (χ2v) is 9.76. The minimum atomic E-state index is -0.444. The summed E-state index contributed by atoms with van der Waals surface area (Å²) >= 11 is 14.3. The number of anilines is 1. The number of nitrogens with zero attached hydrogens (tertiary/aromatic N) is 4. The Kier molecular flexibility index (Phi) is 9.57. The molecule has 3 rings (SSSR count). The Morgan fingerprint density at radius 1 is 1.26 bits per heavy atom. The van der Waals surface area contributed by atoms with E-state index >= 15 is 0 Å². The van der Waals surface area contributed by atoms with Crippen molar-refractivity contribution in [1.29, 1.82) is 0 Å². The van der Waals surface area contributed by atoms with Gasteiger partial charge in [0.05, 0.1) is 29.7 Å². The third kappa shape index (κ3) is 7.08. The SMILES string of the molecule is CCOC(=O)c1sc(NC(=O)CSc2nnc(CCCOc3ccc(Cl)cc3Cl)n2C)nc1C. The van der Waals surface area contributed by atoms with Crippen molar-refractivity contribution in [2.24, 2.45) is 7.05 Å². The van der Waals surface area contributed by atoms with Crippen LogP contribution < -0.4 is 10.1 Å². The molecule has 0 bridgehead atoms. The zero-order valence-electron chi connectivity index (χ0n) is 18.8. The Morgan fingerprint density at radius 2 is 2.06 bits per heavy atom. The molecule has 2 heterocycles. The number of aryl methyl sites for hydroxylation is 2. The summed E-state index contributed by atoms with van der Waals surface area (Å²) in [5.74, 6) is 0.782. The van der Waals surface area contributed by atoms with Gasteiger partial charge in [0, 0.05) is 18.5 Å². The molecular formula is C21H23Cl2N5O4S2. The van der Waals surface area contributed by atoms with Gasteiger partial charge in [0.25, 0.3) is 0 Å². The van der Waals surface area contributed by atoms with E-state index in [4.69, 9.17) is 32.7 Å². The number of benzene rings is 1. The molecular weight excluding hydrogens is 521 g/mol. The van der Waals surface area contributed by atoms with Crippen molar-refractivity contribution in [3.63, 3.8) is 0 Å². The first-order valence-corrected chi connectivity index (χ1v) is 12.9. The summed E-state index contributed by atoms with van der Waals surface area (Å²) in [6.07, 6.45) is 1.36. The fourth-order valence-corrected chi connectivity index (χ4v) is 4.88. The van der Waals surface area contributed by atoms with E-state index in [1.165, 1.54) is 11.8 Å². The smallest absolute Gasteiger partial charge is 0.350 e. The van der Waals surface area contributed by atoms with Crippen molar-refractivity contribution in [2.45, 2.75) is 31.8 Å². The van der Waals surface area contributed by atoms with Crippen LogP contribution in [0.4, 0.5) is 5.13 Å². The predicted octanol–water partition coefficient (Wildman–Crippen LogP) is 4.81. The molecule has 9 nitrogen and oxygen atoms in total. The molecule has 0 aliphatic rings. The number of halogens is 2. The number of amides is 1. The first kappa shape index (κ1) is 26.3. The molecule has 3 aromatic rings. The van der Waals surface area contributed by atoms with Gasteiger partial charge in [-0.25, -0.2) is 9.78 Å². The molecule has 1 amide bonds. The van der Waals surface area contributed by atoms with Crippen LogP contribution in [0, 0.1) is 6.92 Å². The number of rotatable bonds is 11. The van der Waals surface area contributed by atoms with Gasteiger partial charge in [-0.05, 0) is 38.5 Å². The molecule has 0 saturated heterocycles. The van der Waals surface area contributed by atoms with Gasteiger partial charge in [-0.3, -0.25) is 4.79 Å². The first-order chi connectivity index (χ1) is 16.3. The monoisotopic (exact) mass is 543 g/mol. The highest BCUT2D eigenvalue weighted by molar-refractivity contribution is 7.99. The van der Waals surface area contributed by atoms with Crippen LogP contribution in [0.5, 0.6) is 5.75 Å². The number of hydrogen-bond donors (Lipinski definition) is 1. The minimum Gasteiger partial charge on any atom is -0.492 e. The minimum absolute atomic E-state index is 0.123. The van der Waals surface area contributed by atoms with Gasteiger partial charge < -0.3 is 19.4 Å². The maximum atomic E-state index is 12.3. The number of thiazole rings is 1. The largest absolute Gasteiger partial charge is 0.492 e. The predicted molar refractivity (Wildman–Crippen MR) is 133 cm³/mol. The lowest BCUT2D eigenvalue weighted by molar-refractivity contribution is -0.113. The van der Waals surface area contributed by atoms with Crippen molar-refractivity contribution in [3.8, 4) is 5.75 Å². The highest BCUT2D eigenvalue weighted by atomic mass is 35.5. The Hall–Kier alpha value is -2.34. The van der Waals surface area contributed by atoms with E-state index in [0.717, 1.165) is 17.2 Å². The third-order valence-electron chi connectivity index (χ3n) is 4.46. The fraction of sp³-hybridized carbons (Fsp3) is 0.381. The van der Waals surface area contributed by atoms with E-state index in [1.807, 2.05) is 11.6 Å². The number of esters is 1. The normalized spacial score (nSPS) is 10.9. The van der Waals surface area contributed by atoms with Crippen LogP contribution in [0.2, 0.25) is 10.0 Å². The van der Waals surface area contributed by atoms with E-state index in [2.05, 4.69) is 20.5 Å². The third-order valence-corrected chi connectivity index (χ3v) is 7.06. The number of nitrogens with one attached hydrogen (secondary N) is 1. The molecule has 0 radical (unpaired) electrons. The van der Waals surface area contributed by atoms with Gasteiger partial charge in [0.1, 0.15) is 16.5 Å². The topological polar surface area (TPSA) is 108 Å².